The average Bonchev–Trinajstić information content (AvgIpc) is 2.70. The Labute approximate surface area is 161 Å². The molecule has 0 bridgehead atoms. The molecule has 0 aliphatic heterocycles. The van der Waals surface area contributed by atoms with Gasteiger partial charge in [-0.25, -0.2) is 0 Å². The molecule has 0 aliphatic rings. The zero-order valence-corrected chi connectivity index (χ0v) is 16.5. The largest absolute Gasteiger partial charge is 0.497 e. The molecule has 0 spiro atoms. The molecule has 2 rings (SSSR count). The van der Waals surface area contributed by atoms with Crippen LogP contribution in [0.2, 0.25) is 0 Å². The van der Waals surface area contributed by atoms with Gasteiger partial charge in [-0.1, -0.05) is 26.0 Å². The van der Waals surface area contributed by atoms with Crippen LogP contribution in [0.15, 0.2) is 48.5 Å². The molecular weight excluding hydrogens is 342 g/mol. The lowest BCUT2D eigenvalue weighted by molar-refractivity contribution is -0.122. The Bertz CT molecular complexity index is 695. The Morgan fingerprint density at radius 3 is 1.93 bits per heavy atom. The van der Waals surface area contributed by atoms with Gasteiger partial charge in [-0.2, -0.15) is 0 Å². The van der Waals surface area contributed by atoms with Crippen LogP contribution in [-0.4, -0.2) is 26.7 Å². The summed E-state index contributed by atoms with van der Waals surface area (Å²) in [7, 11) is 3.27. The van der Waals surface area contributed by atoms with E-state index in [9.17, 15) is 4.79 Å². The second-order valence-corrected chi connectivity index (χ2v) is 6.69. The van der Waals surface area contributed by atoms with E-state index >= 15 is 0 Å². The summed E-state index contributed by atoms with van der Waals surface area (Å²) in [6.07, 6.45) is 1.08. The number of benzene rings is 2. The molecule has 27 heavy (non-hydrogen) atoms. The van der Waals surface area contributed by atoms with Crippen LogP contribution in [0.25, 0.3) is 0 Å². The molecule has 146 valence electrons. The number of ether oxygens (including phenoxy) is 3. The molecule has 0 aliphatic carbocycles. The number of amides is 1. The fourth-order valence-corrected chi connectivity index (χ4v) is 2.79. The van der Waals surface area contributed by atoms with Crippen molar-refractivity contribution in [3.63, 3.8) is 0 Å². The van der Waals surface area contributed by atoms with E-state index in [2.05, 4.69) is 19.2 Å². The molecule has 0 radical (unpaired) electrons. The van der Waals surface area contributed by atoms with Gasteiger partial charge < -0.3 is 19.5 Å². The summed E-state index contributed by atoms with van der Waals surface area (Å²) in [4.78, 5) is 12.3. The molecule has 0 heterocycles. The predicted octanol–water partition coefficient (Wildman–Crippen LogP) is 4.38. The third kappa shape index (κ3) is 6.51. The molecule has 2 aromatic carbocycles. The molecule has 5 nitrogen and oxygen atoms in total. The van der Waals surface area contributed by atoms with E-state index < -0.39 is 0 Å². The number of carbonyl (C=O) groups excluding carboxylic acids is 1. The highest BCUT2D eigenvalue weighted by atomic mass is 16.5. The zero-order chi connectivity index (χ0) is 19.6. The van der Waals surface area contributed by atoms with Crippen molar-refractivity contribution in [3.05, 3.63) is 54.1 Å². The maximum atomic E-state index is 12.3. The standard InChI is InChI=1S/C22H29NO4/c1-16(2)22(17-7-9-18(25-3)10-8-17)23-21(24)6-5-15-27-20-13-11-19(26-4)12-14-20/h7-14,16,22H,5-6,15H2,1-4H3,(H,23,24). The molecular formula is C22H29NO4. The monoisotopic (exact) mass is 371 g/mol. The molecule has 1 unspecified atom stereocenters. The summed E-state index contributed by atoms with van der Waals surface area (Å²) >= 11 is 0. The first-order valence-corrected chi connectivity index (χ1v) is 9.23. The van der Waals surface area contributed by atoms with Gasteiger partial charge in [-0.15, -0.1) is 0 Å². The molecule has 0 saturated carbocycles. The summed E-state index contributed by atoms with van der Waals surface area (Å²) in [5, 5.41) is 3.13. The minimum atomic E-state index is -0.0223. The summed E-state index contributed by atoms with van der Waals surface area (Å²) in [5.41, 5.74) is 1.08. The van der Waals surface area contributed by atoms with Gasteiger partial charge in [-0.3, -0.25) is 4.79 Å². The number of hydrogen-bond acceptors (Lipinski definition) is 4. The lowest BCUT2D eigenvalue weighted by Gasteiger charge is -2.23. The van der Waals surface area contributed by atoms with Gasteiger partial charge in [0.05, 0.1) is 26.9 Å². The van der Waals surface area contributed by atoms with Crippen molar-refractivity contribution >= 4 is 5.91 Å². The first kappa shape index (κ1) is 20.6. The maximum absolute atomic E-state index is 12.3. The minimum absolute atomic E-state index is 0.0223. The highest BCUT2D eigenvalue weighted by Gasteiger charge is 2.18. The first-order chi connectivity index (χ1) is 13.0. The molecule has 0 fully saturated rings. The molecule has 0 saturated heterocycles. The van der Waals surface area contributed by atoms with E-state index in [1.54, 1.807) is 14.2 Å². The van der Waals surface area contributed by atoms with E-state index in [-0.39, 0.29) is 17.9 Å². The number of methoxy groups -OCH3 is 2. The lowest BCUT2D eigenvalue weighted by Crippen LogP contribution is -2.31. The van der Waals surface area contributed by atoms with Crippen LogP contribution in [0, 0.1) is 5.92 Å². The number of carbonyl (C=O) groups is 1. The second kappa shape index (κ2) is 10.5. The van der Waals surface area contributed by atoms with Crippen molar-refractivity contribution in [2.45, 2.75) is 32.7 Å². The highest BCUT2D eigenvalue weighted by Crippen LogP contribution is 2.24. The fourth-order valence-electron chi connectivity index (χ4n) is 2.79. The molecule has 2 aromatic rings. The number of nitrogens with one attached hydrogen (secondary N) is 1. The van der Waals surface area contributed by atoms with Crippen molar-refractivity contribution in [2.75, 3.05) is 20.8 Å². The molecule has 1 amide bonds. The number of hydrogen-bond donors (Lipinski definition) is 1. The van der Waals surface area contributed by atoms with E-state index in [4.69, 9.17) is 14.2 Å². The predicted molar refractivity (Wildman–Crippen MR) is 106 cm³/mol. The molecule has 0 aromatic heterocycles. The lowest BCUT2D eigenvalue weighted by atomic mass is 9.95. The third-order valence-electron chi connectivity index (χ3n) is 4.33. The smallest absolute Gasteiger partial charge is 0.220 e. The van der Waals surface area contributed by atoms with Crippen LogP contribution in [0.5, 0.6) is 17.2 Å². The maximum Gasteiger partial charge on any atom is 0.220 e. The Morgan fingerprint density at radius 1 is 0.889 bits per heavy atom. The van der Waals surface area contributed by atoms with Gasteiger partial charge in [0.25, 0.3) is 0 Å². The Hall–Kier alpha value is -2.69. The summed E-state index contributed by atoms with van der Waals surface area (Å²) in [6, 6.07) is 15.2. The normalized spacial score (nSPS) is 11.7. The Kier molecular flexibility index (Phi) is 7.99. The average molecular weight is 371 g/mol. The van der Waals surface area contributed by atoms with Crippen LogP contribution in [0.1, 0.15) is 38.3 Å². The van der Waals surface area contributed by atoms with Crippen molar-refractivity contribution in [2.24, 2.45) is 5.92 Å². The van der Waals surface area contributed by atoms with Crippen molar-refractivity contribution in [3.8, 4) is 17.2 Å². The molecule has 5 heteroatoms. The summed E-state index contributed by atoms with van der Waals surface area (Å²) < 4.78 is 16.0. The Morgan fingerprint density at radius 2 is 1.41 bits per heavy atom. The van der Waals surface area contributed by atoms with Gasteiger partial charge in [0, 0.05) is 6.42 Å². The quantitative estimate of drug-likeness (QED) is 0.630. The van der Waals surface area contributed by atoms with Crippen LogP contribution >= 0.6 is 0 Å². The van der Waals surface area contributed by atoms with E-state index in [1.807, 2.05) is 48.5 Å². The highest BCUT2D eigenvalue weighted by molar-refractivity contribution is 5.76. The van der Waals surface area contributed by atoms with Crippen LogP contribution in [0.4, 0.5) is 0 Å². The molecule has 1 N–H and O–H groups in total. The topological polar surface area (TPSA) is 56.8 Å². The van der Waals surface area contributed by atoms with Gasteiger partial charge in [0.1, 0.15) is 17.2 Å². The Balaban J connectivity index is 1.79. The third-order valence-corrected chi connectivity index (χ3v) is 4.33. The SMILES string of the molecule is COc1ccc(OCCCC(=O)NC(c2ccc(OC)cc2)C(C)C)cc1. The first-order valence-electron chi connectivity index (χ1n) is 9.23. The van der Waals surface area contributed by atoms with Gasteiger partial charge in [0.2, 0.25) is 5.91 Å². The van der Waals surface area contributed by atoms with Gasteiger partial charge >= 0.3 is 0 Å². The van der Waals surface area contributed by atoms with Crippen LogP contribution in [0.3, 0.4) is 0 Å². The van der Waals surface area contributed by atoms with Crippen molar-refractivity contribution in [1.29, 1.82) is 0 Å². The van der Waals surface area contributed by atoms with Gasteiger partial charge in [0.15, 0.2) is 0 Å². The van der Waals surface area contributed by atoms with Crippen LogP contribution < -0.4 is 19.5 Å². The summed E-state index contributed by atoms with van der Waals surface area (Å²) in [6.45, 7) is 4.69. The van der Waals surface area contributed by atoms with Crippen LogP contribution in [-0.2, 0) is 4.79 Å². The summed E-state index contributed by atoms with van der Waals surface area (Å²) in [5.74, 6) is 2.69. The number of rotatable bonds is 10. The van der Waals surface area contributed by atoms with E-state index in [0.717, 1.165) is 22.8 Å². The van der Waals surface area contributed by atoms with Gasteiger partial charge in [-0.05, 0) is 54.3 Å². The fraction of sp³-hybridized carbons (Fsp3) is 0.409. The van der Waals surface area contributed by atoms with Crippen molar-refractivity contribution in [1.82, 2.24) is 5.32 Å². The zero-order valence-electron chi connectivity index (χ0n) is 16.5. The van der Waals surface area contributed by atoms with E-state index in [0.29, 0.717) is 19.4 Å². The van der Waals surface area contributed by atoms with E-state index in [1.165, 1.54) is 0 Å². The van der Waals surface area contributed by atoms with Crippen molar-refractivity contribution < 1.29 is 19.0 Å². The second-order valence-electron chi connectivity index (χ2n) is 6.69. The minimum Gasteiger partial charge on any atom is -0.497 e. The molecule has 1 atom stereocenters.